The maximum absolute atomic E-state index is 10.0. The maximum atomic E-state index is 10.0. The summed E-state index contributed by atoms with van der Waals surface area (Å²) < 4.78 is 3.61. The van der Waals surface area contributed by atoms with Crippen molar-refractivity contribution in [2.45, 2.75) is 26.0 Å². The molecule has 0 spiro atoms. The van der Waals surface area contributed by atoms with Gasteiger partial charge in [-0.05, 0) is 50.2 Å². The number of anilines is 2. The first-order valence-corrected chi connectivity index (χ1v) is 10.6. The Bertz CT molecular complexity index is 1410. The minimum Gasteiger partial charge on any atom is -0.389 e. The number of aryl methyl sites for hydroxylation is 1. The zero-order chi connectivity index (χ0) is 23.0. The first kappa shape index (κ1) is 20.8. The van der Waals surface area contributed by atoms with E-state index in [1.54, 1.807) is 37.3 Å². The highest BCUT2D eigenvalue weighted by atomic mass is 16.3. The predicted octanol–water partition coefficient (Wildman–Crippen LogP) is 3.80. The Labute approximate surface area is 190 Å². The number of pyridine rings is 2. The van der Waals surface area contributed by atoms with Gasteiger partial charge in [0.1, 0.15) is 12.1 Å². The second kappa shape index (κ2) is 8.10. The third-order valence-corrected chi connectivity index (χ3v) is 5.18. The molecule has 0 amide bonds. The first-order valence-electron chi connectivity index (χ1n) is 10.6. The van der Waals surface area contributed by atoms with Gasteiger partial charge in [0.05, 0.1) is 29.6 Å². The predicted molar refractivity (Wildman–Crippen MR) is 127 cm³/mol. The van der Waals surface area contributed by atoms with Gasteiger partial charge in [-0.2, -0.15) is 5.10 Å². The van der Waals surface area contributed by atoms with E-state index in [4.69, 9.17) is 4.98 Å². The number of fused-ring (bicyclic) bond motifs is 1. The molecule has 0 unspecified atom stereocenters. The van der Waals surface area contributed by atoms with Crippen molar-refractivity contribution >= 4 is 22.4 Å². The van der Waals surface area contributed by atoms with Crippen molar-refractivity contribution in [1.82, 2.24) is 34.5 Å². The fourth-order valence-corrected chi connectivity index (χ4v) is 3.62. The SMILES string of the molecule is Cn1cnnc1-c1ccc(Nc2cc3nc(-c4cnn(CC(C)(C)O)c4)ccc3cn2)cc1. The Kier molecular flexibility index (Phi) is 5.10. The van der Waals surface area contributed by atoms with E-state index in [9.17, 15) is 5.11 Å². The number of aromatic nitrogens is 7. The molecule has 4 aromatic heterocycles. The van der Waals surface area contributed by atoms with Crippen molar-refractivity contribution in [3.05, 3.63) is 67.4 Å². The topological polar surface area (TPSA) is 107 Å². The molecule has 1 aromatic carbocycles. The lowest BCUT2D eigenvalue weighted by molar-refractivity contribution is 0.0577. The van der Waals surface area contributed by atoms with E-state index in [1.165, 1.54) is 0 Å². The molecule has 0 bridgehead atoms. The zero-order valence-corrected chi connectivity index (χ0v) is 18.6. The molecule has 166 valence electrons. The minimum absolute atomic E-state index is 0.411. The van der Waals surface area contributed by atoms with Crippen LogP contribution < -0.4 is 5.32 Å². The Balaban J connectivity index is 1.37. The summed E-state index contributed by atoms with van der Waals surface area (Å²) in [5, 5.41) is 26.7. The van der Waals surface area contributed by atoms with E-state index in [0.29, 0.717) is 12.4 Å². The summed E-state index contributed by atoms with van der Waals surface area (Å²) in [6, 6.07) is 13.8. The van der Waals surface area contributed by atoms with Crippen molar-refractivity contribution in [1.29, 1.82) is 0 Å². The van der Waals surface area contributed by atoms with Gasteiger partial charge in [-0.3, -0.25) is 4.68 Å². The molecule has 2 N–H and O–H groups in total. The number of rotatable bonds is 6. The summed E-state index contributed by atoms with van der Waals surface area (Å²) in [6.45, 7) is 3.93. The highest BCUT2D eigenvalue weighted by Gasteiger charge is 2.15. The largest absolute Gasteiger partial charge is 0.389 e. The van der Waals surface area contributed by atoms with Crippen molar-refractivity contribution < 1.29 is 5.11 Å². The average molecular weight is 441 g/mol. The Morgan fingerprint density at radius 3 is 2.58 bits per heavy atom. The van der Waals surface area contributed by atoms with E-state index in [0.717, 1.165) is 39.2 Å². The number of hydrogen-bond acceptors (Lipinski definition) is 7. The summed E-state index contributed by atoms with van der Waals surface area (Å²) in [6.07, 6.45) is 7.14. The molecule has 0 atom stereocenters. The second-order valence-electron chi connectivity index (χ2n) is 8.67. The molecule has 0 aliphatic rings. The van der Waals surface area contributed by atoms with Crippen LogP contribution in [0.4, 0.5) is 11.5 Å². The van der Waals surface area contributed by atoms with Crippen molar-refractivity contribution in [2.75, 3.05) is 5.32 Å². The number of aliphatic hydroxyl groups is 1. The van der Waals surface area contributed by atoms with Gasteiger partial charge in [0.2, 0.25) is 0 Å². The van der Waals surface area contributed by atoms with Crippen LogP contribution in [-0.2, 0) is 13.6 Å². The van der Waals surface area contributed by atoms with Crippen molar-refractivity contribution in [3.63, 3.8) is 0 Å². The highest BCUT2D eigenvalue weighted by Crippen LogP contribution is 2.25. The lowest BCUT2D eigenvalue weighted by atomic mass is 10.1. The molecule has 0 fully saturated rings. The number of nitrogens with zero attached hydrogens (tertiary/aromatic N) is 7. The Hall–Kier alpha value is -4.11. The van der Waals surface area contributed by atoms with Crippen LogP contribution in [0.25, 0.3) is 33.5 Å². The van der Waals surface area contributed by atoms with Gasteiger partial charge < -0.3 is 15.0 Å². The van der Waals surface area contributed by atoms with Crippen LogP contribution in [0.15, 0.2) is 67.4 Å². The molecule has 4 heterocycles. The van der Waals surface area contributed by atoms with Crippen LogP contribution in [0.2, 0.25) is 0 Å². The summed E-state index contributed by atoms with van der Waals surface area (Å²) in [4.78, 5) is 9.31. The fraction of sp³-hybridized carbons (Fsp3) is 0.208. The minimum atomic E-state index is -0.835. The summed E-state index contributed by atoms with van der Waals surface area (Å²) in [5.74, 6) is 1.52. The molecular formula is C24H24N8O. The van der Waals surface area contributed by atoms with Gasteiger partial charge in [-0.15, -0.1) is 10.2 Å². The molecule has 0 saturated carbocycles. The Morgan fingerprint density at radius 2 is 1.85 bits per heavy atom. The lowest BCUT2D eigenvalue weighted by Crippen LogP contribution is -2.26. The molecule has 33 heavy (non-hydrogen) atoms. The second-order valence-corrected chi connectivity index (χ2v) is 8.67. The molecule has 0 aliphatic carbocycles. The molecule has 0 radical (unpaired) electrons. The summed E-state index contributed by atoms with van der Waals surface area (Å²) in [7, 11) is 1.92. The third-order valence-electron chi connectivity index (χ3n) is 5.18. The first-order chi connectivity index (χ1) is 15.8. The monoisotopic (exact) mass is 440 g/mol. The molecule has 5 aromatic rings. The molecule has 0 aliphatic heterocycles. The zero-order valence-electron chi connectivity index (χ0n) is 18.6. The average Bonchev–Trinajstić information content (AvgIpc) is 3.41. The number of hydrogen-bond donors (Lipinski definition) is 2. The normalized spacial score (nSPS) is 11.8. The van der Waals surface area contributed by atoms with Crippen LogP contribution in [0, 0.1) is 0 Å². The highest BCUT2D eigenvalue weighted by molar-refractivity contribution is 5.83. The lowest BCUT2D eigenvalue weighted by Gasteiger charge is -2.16. The van der Waals surface area contributed by atoms with E-state index in [1.807, 2.05) is 60.3 Å². The molecule has 9 nitrogen and oxygen atoms in total. The molecule has 5 rings (SSSR count). The van der Waals surface area contributed by atoms with Gasteiger partial charge in [0, 0.05) is 47.7 Å². The Morgan fingerprint density at radius 1 is 1.03 bits per heavy atom. The quantitative estimate of drug-likeness (QED) is 0.413. The van der Waals surface area contributed by atoms with Crippen molar-refractivity contribution in [2.24, 2.45) is 7.05 Å². The van der Waals surface area contributed by atoms with Crippen LogP contribution >= 0.6 is 0 Å². The molecule has 0 saturated heterocycles. The van der Waals surface area contributed by atoms with E-state index < -0.39 is 5.60 Å². The maximum Gasteiger partial charge on any atom is 0.163 e. The van der Waals surface area contributed by atoms with E-state index in [-0.39, 0.29) is 0 Å². The molecular weight excluding hydrogens is 416 g/mol. The standard InChI is InChI=1S/C24H24N8O/c1-24(2,33)14-32-13-18(12-27-32)20-9-6-17-11-25-22(10-21(17)29-20)28-19-7-4-16(5-8-19)23-30-26-15-31(23)3/h4-13,15,33H,14H2,1-3H3,(H,25,28). The third kappa shape index (κ3) is 4.58. The van der Waals surface area contributed by atoms with Gasteiger partial charge in [0.15, 0.2) is 5.82 Å². The van der Waals surface area contributed by atoms with E-state index >= 15 is 0 Å². The van der Waals surface area contributed by atoms with Crippen LogP contribution in [0.5, 0.6) is 0 Å². The van der Waals surface area contributed by atoms with Crippen molar-refractivity contribution in [3.8, 4) is 22.6 Å². The number of nitrogens with one attached hydrogen (secondary N) is 1. The smallest absolute Gasteiger partial charge is 0.163 e. The van der Waals surface area contributed by atoms with Gasteiger partial charge in [-0.25, -0.2) is 9.97 Å². The number of benzene rings is 1. The summed E-state index contributed by atoms with van der Waals surface area (Å²) in [5.41, 5.74) is 3.61. The van der Waals surface area contributed by atoms with Gasteiger partial charge >= 0.3 is 0 Å². The van der Waals surface area contributed by atoms with E-state index in [2.05, 4.69) is 25.6 Å². The summed E-state index contributed by atoms with van der Waals surface area (Å²) >= 11 is 0. The van der Waals surface area contributed by atoms with Gasteiger partial charge in [0.25, 0.3) is 0 Å². The van der Waals surface area contributed by atoms with Gasteiger partial charge in [-0.1, -0.05) is 0 Å². The van der Waals surface area contributed by atoms with Crippen LogP contribution in [-0.4, -0.2) is 45.2 Å². The van der Waals surface area contributed by atoms with Crippen LogP contribution in [0.3, 0.4) is 0 Å². The fourth-order valence-electron chi connectivity index (χ4n) is 3.62. The molecule has 9 heteroatoms. The van der Waals surface area contributed by atoms with Crippen LogP contribution in [0.1, 0.15) is 13.8 Å².